The average molecular weight is 638 g/mol. The SMILES string of the molecule is C=C.C=C1N(C)C(=C/N)/C(=C(C)/C(=C(\NCC)c2cnn(C)c2)c2ccc3c(cnn3C)c2)C12CCN(C1(CC)CCNCC1)CC2. The molecule has 3 aliphatic heterocycles. The molecule has 0 atom stereocenters. The van der Waals surface area contributed by atoms with Gasteiger partial charge in [-0.1, -0.05) is 19.6 Å². The molecule has 1 spiro atoms. The van der Waals surface area contributed by atoms with E-state index in [1.54, 1.807) is 6.20 Å². The second-order valence-corrected chi connectivity index (χ2v) is 13.2. The van der Waals surface area contributed by atoms with Crippen LogP contribution in [0.4, 0.5) is 0 Å². The molecular formula is C38H55N9. The normalized spacial score (nSPS) is 22.0. The van der Waals surface area contributed by atoms with E-state index in [0.717, 1.165) is 84.7 Å². The van der Waals surface area contributed by atoms with Gasteiger partial charge in [0.1, 0.15) is 0 Å². The quantitative estimate of drug-likeness (QED) is 0.283. The Bertz CT molecular complexity index is 1690. The fourth-order valence-corrected chi connectivity index (χ4v) is 8.51. The van der Waals surface area contributed by atoms with Gasteiger partial charge in [0.15, 0.2) is 0 Å². The zero-order chi connectivity index (χ0) is 33.9. The molecule has 9 heteroatoms. The van der Waals surface area contributed by atoms with Gasteiger partial charge in [0.05, 0.1) is 29.3 Å². The summed E-state index contributed by atoms with van der Waals surface area (Å²) in [5.41, 5.74) is 16.9. The lowest BCUT2D eigenvalue weighted by Crippen LogP contribution is -2.57. The summed E-state index contributed by atoms with van der Waals surface area (Å²) in [5.74, 6) is 0. The maximum atomic E-state index is 6.50. The number of rotatable bonds is 7. The zero-order valence-electron chi connectivity index (χ0n) is 29.5. The van der Waals surface area contributed by atoms with Crippen LogP contribution >= 0.6 is 0 Å². The lowest BCUT2D eigenvalue weighted by atomic mass is 9.68. The summed E-state index contributed by atoms with van der Waals surface area (Å²) in [6, 6.07) is 6.68. The van der Waals surface area contributed by atoms with Crippen molar-refractivity contribution in [2.45, 2.75) is 58.4 Å². The van der Waals surface area contributed by atoms with Crippen LogP contribution < -0.4 is 16.4 Å². The number of allylic oxidation sites excluding steroid dienone is 4. The first-order valence-corrected chi connectivity index (χ1v) is 17.1. The minimum absolute atomic E-state index is 0.196. The first-order valence-electron chi connectivity index (χ1n) is 17.1. The number of nitrogens with two attached hydrogens (primary N) is 1. The Labute approximate surface area is 281 Å². The third kappa shape index (κ3) is 5.84. The van der Waals surface area contributed by atoms with Gasteiger partial charge in [0.25, 0.3) is 0 Å². The summed E-state index contributed by atoms with van der Waals surface area (Å²) in [6.45, 7) is 22.7. The van der Waals surface area contributed by atoms with Crippen molar-refractivity contribution in [2.24, 2.45) is 25.2 Å². The second-order valence-electron chi connectivity index (χ2n) is 13.2. The molecule has 4 N–H and O–H groups in total. The van der Waals surface area contributed by atoms with Gasteiger partial charge < -0.3 is 21.3 Å². The van der Waals surface area contributed by atoms with Crippen LogP contribution in [0.3, 0.4) is 0 Å². The number of hydrogen-bond donors (Lipinski definition) is 3. The fraction of sp³-hybridized carbons (Fsp3) is 0.474. The number of hydrogen-bond acceptors (Lipinski definition) is 7. The molecule has 3 saturated heterocycles. The lowest BCUT2D eigenvalue weighted by molar-refractivity contribution is 0.0132. The molecule has 0 amide bonds. The largest absolute Gasteiger partial charge is 0.403 e. The topological polar surface area (TPSA) is 92.2 Å². The molecule has 47 heavy (non-hydrogen) atoms. The van der Waals surface area contributed by atoms with E-state index in [-0.39, 0.29) is 11.0 Å². The number of aromatic nitrogens is 4. The molecule has 1 aromatic carbocycles. The molecule has 252 valence electrons. The number of nitrogens with one attached hydrogen (secondary N) is 2. The number of piperidine rings is 2. The molecule has 0 aliphatic carbocycles. The van der Waals surface area contributed by atoms with Crippen molar-refractivity contribution in [3.8, 4) is 0 Å². The van der Waals surface area contributed by atoms with Crippen molar-refractivity contribution in [1.82, 2.24) is 40.0 Å². The van der Waals surface area contributed by atoms with Gasteiger partial charge in [-0.05, 0) is 101 Å². The first-order chi connectivity index (χ1) is 22.7. The fourth-order valence-electron chi connectivity index (χ4n) is 8.51. The maximum absolute atomic E-state index is 6.50. The average Bonchev–Trinajstić information content (AvgIpc) is 3.76. The van der Waals surface area contributed by atoms with Gasteiger partial charge in [-0.15, -0.1) is 13.2 Å². The highest BCUT2D eigenvalue weighted by Gasteiger charge is 2.52. The van der Waals surface area contributed by atoms with Gasteiger partial charge in [-0.25, -0.2) is 0 Å². The first kappa shape index (κ1) is 34.3. The van der Waals surface area contributed by atoms with Crippen molar-refractivity contribution in [3.63, 3.8) is 0 Å². The van der Waals surface area contributed by atoms with E-state index in [9.17, 15) is 0 Å². The predicted octanol–water partition coefficient (Wildman–Crippen LogP) is 5.78. The highest BCUT2D eigenvalue weighted by Crippen LogP contribution is 2.58. The molecule has 0 unspecified atom stereocenters. The lowest BCUT2D eigenvalue weighted by Gasteiger charge is -2.51. The standard InChI is InChI=1S/C36H51N9.C2H4/c1-8-35(12-16-38-17-13-35)45-18-14-36(15-19-45)26(4)43(6)31(21-37)33(36)25(3)32(34(39-9-2)29-23-40-42(5)24-29)27-10-11-30-28(20-27)22-41-44(30)7;1-2/h10-11,20-24,38-39H,4,8-9,12-19,37H2,1-3,5-7H3;1-2H2/b31-21+,33-25-,34-32+;. The van der Waals surface area contributed by atoms with Gasteiger partial charge in [-0.3, -0.25) is 14.3 Å². The summed E-state index contributed by atoms with van der Waals surface area (Å²) in [6.07, 6.45) is 13.5. The van der Waals surface area contributed by atoms with E-state index in [1.165, 1.54) is 36.0 Å². The Balaban J connectivity index is 0.00000213. The van der Waals surface area contributed by atoms with Crippen LogP contribution in [0.25, 0.3) is 22.2 Å². The number of likely N-dealkylation sites (tertiary alicyclic amines) is 2. The van der Waals surface area contributed by atoms with E-state index < -0.39 is 0 Å². The number of nitrogens with zero attached hydrogens (tertiary/aromatic N) is 6. The Hall–Kier alpha value is -4.08. The van der Waals surface area contributed by atoms with E-state index in [4.69, 9.17) is 12.3 Å². The molecule has 0 saturated carbocycles. The number of fused-ring (bicyclic) bond motifs is 1. The molecule has 3 aromatic rings. The number of benzene rings is 1. The summed E-state index contributed by atoms with van der Waals surface area (Å²) >= 11 is 0. The minimum Gasteiger partial charge on any atom is -0.403 e. The van der Waals surface area contributed by atoms with Crippen LogP contribution in [-0.4, -0.2) is 74.7 Å². The van der Waals surface area contributed by atoms with E-state index in [0.29, 0.717) is 0 Å². The number of aryl methyl sites for hydroxylation is 2. The van der Waals surface area contributed by atoms with Crippen LogP contribution in [-0.2, 0) is 14.1 Å². The molecule has 0 radical (unpaired) electrons. The van der Waals surface area contributed by atoms with Crippen molar-refractivity contribution in [3.05, 3.63) is 96.4 Å². The van der Waals surface area contributed by atoms with Crippen LogP contribution in [0.1, 0.15) is 64.0 Å². The van der Waals surface area contributed by atoms with Crippen molar-refractivity contribution in [2.75, 3.05) is 39.8 Å². The monoisotopic (exact) mass is 637 g/mol. The summed E-state index contributed by atoms with van der Waals surface area (Å²) < 4.78 is 3.80. The molecular weight excluding hydrogens is 582 g/mol. The van der Waals surface area contributed by atoms with Gasteiger partial charge in [-0.2, -0.15) is 10.2 Å². The Morgan fingerprint density at radius 3 is 2.32 bits per heavy atom. The predicted molar refractivity (Wildman–Crippen MR) is 196 cm³/mol. The van der Waals surface area contributed by atoms with Crippen LogP contribution in [0.2, 0.25) is 0 Å². The van der Waals surface area contributed by atoms with E-state index in [2.05, 4.69) is 96.0 Å². The van der Waals surface area contributed by atoms with E-state index in [1.807, 2.05) is 35.9 Å². The van der Waals surface area contributed by atoms with Gasteiger partial charge >= 0.3 is 0 Å². The van der Waals surface area contributed by atoms with Crippen LogP contribution in [0.5, 0.6) is 0 Å². The molecule has 9 nitrogen and oxygen atoms in total. The summed E-state index contributed by atoms with van der Waals surface area (Å²) in [5, 5.41) is 17.6. The highest BCUT2D eigenvalue weighted by molar-refractivity contribution is 6.00. The Morgan fingerprint density at radius 1 is 1.02 bits per heavy atom. The maximum Gasteiger partial charge on any atom is 0.0679 e. The minimum atomic E-state index is -0.196. The summed E-state index contributed by atoms with van der Waals surface area (Å²) in [4.78, 5) is 5.05. The Kier molecular flexibility index (Phi) is 10.2. The van der Waals surface area contributed by atoms with Crippen LogP contribution in [0, 0.1) is 5.41 Å². The van der Waals surface area contributed by atoms with Crippen molar-refractivity contribution in [1.29, 1.82) is 0 Å². The van der Waals surface area contributed by atoms with E-state index >= 15 is 0 Å². The van der Waals surface area contributed by atoms with Gasteiger partial charge in [0, 0.05) is 73.3 Å². The number of likely N-dealkylation sites (N-methyl/N-ethyl adjacent to an activating group) is 1. The molecule has 3 aliphatic rings. The molecule has 2 aromatic heterocycles. The molecule has 3 fully saturated rings. The van der Waals surface area contributed by atoms with Crippen LogP contribution in [0.15, 0.2) is 85.3 Å². The second kappa shape index (κ2) is 14.0. The third-order valence-corrected chi connectivity index (χ3v) is 11.1. The van der Waals surface area contributed by atoms with Crippen molar-refractivity contribution >= 4 is 22.2 Å². The van der Waals surface area contributed by atoms with Gasteiger partial charge in [0.2, 0.25) is 0 Å². The van der Waals surface area contributed by atoms with Crippen molar-refractivity contribution < 1.29 is 0 Å². The summed E-state index contributed by atoms with van der Waals surface area (Å²) in [7, 11) is 6.10. The zero-order valence-corrected chi connectivity index (χ0v) is 29.5. The molecule has 5 heterocycles. The molecule has 0 bridgehead atoms. The highest BCUT2D eigenvalue weighted by atomic mass is 15.3. The molecule has 6 rings (SSSR count). The smallest absolute Gasteiger partial charge is 0.0679 e. The third-order valence-electron chi connectivity index (χ3n) is 11.1. The Morgan fingerprint density at radius 2 is 1.72 bits per heavy atom.